The minimum Gasteiger partial charge on any atom is -0.399 e. The van der Waals surface area contributed by atoms with Crippen molar-refractivity contribution in [3.8, 4) is 0 Å². The third kappa shape index (κ3) is 4.09. The van der Waals surface area contributed by atoms with E-state index in [9.17, 15) is 4.79 Å². The molecule has 21 heavy (non-hydrogen) atoms. The van der Waals surface area contributed by atoms with Crippen LogP contribution in [0.4, 0.5) is 5.69 Å². The van der Waals surface area contributed by atoms with Crippen LogP contribution in [-0.2, 0) is 12.8 Å². The number of aryl methyl sites for hydroxylation is 2. The number of amides is 1. The summed E-state index contributed by atoms with van der Waals surface area (Å²) in [6.07, 6.45) is 1.88. The fraction of sp³-hybridized carbons (Fsp3) is 0.278. The molecule has 0 aliphatic carbocycles. The molecule has 3 heteroatoms. The van der Waals surface area contributed by atoms with E-state index in [1.165, 1.54) is 11.1 Å². The molecule has 0 fully saturated rings. The summed E-state index contributed by atoms with van der Waals surface area (Å²) in [6.45, 7) is 4.68. The molecule has 0 radical (unpaired) electrons. The van der Waals surface area contributed by atoms with Crippen LogP contribution in [0.2, 0.25) is 0 Å². The monoisotopic (exact) mass is 282 g/mol. The molecule has 0 heterocycles. The van der Waals surface area contributed by atoms with Gasteiger partial charge in [0.15, 0.2) is 0 Å². The lowest BCUT2D eigenvalue weighted by atomic mass is 10.1. The van der Waals surface area contributed by atoms with Gasteiger partial charge < -0.3 is 11.1 Å². The Morgan fingerprint density at radius 3 is 2.43 bits per heavy atom. The van der Waals surface area contributed by atoms with Gasteiger partial charge in [0, 0.05) is 17.8 Å². The molecule has 0 bridgehead atoms. The highest BCUT2D eigenvalue weighted by molar-refractivity contribution is 5.96. The quantitative estimate of drug-likeness (QED) is 0.828. The number of hydrogen-bond acceptors (Lipinski definition) is 2. The summed E-state index contributed by atoms with van der Waals surface area (Å²) >= 11 is 0. The third-order valence-corrected chi connectivity index (χ3v) is 3.64. The van der Waals surface area contributed by atoms with Crippen LogP contribution in [0.1, 0.15) is 34.0 Å². The van der Waals surface area contributed by atoms with E-state index in [0.29, 0.717) is 17.8 Å². The second kappa shape index (κ2) is 6.93. The number of carbonyl (C=O) groups is 1. The van der Waals surface area contributed by atoms with Gasteiger partial charge in [-0.1, -0.05) is 37.3 Å². The molecule has 2 rings (SSSR count). The van der Waals surface area contributed by atoms with Crippen molar-refractivity contribution in [3.05, 3.63) is 64.7 Å². The summed E-state index contributed by atoms with van der Waals surface area (Å²) < 4.78 is 0. The average molecular weight is 282 g/mol. The molecule has 2 aromatic rings. The van der Waals surface area contributed by atoms with E-state index in [0.717, 1.165) is 18.4 Å². The van der Waals surface area contributed by atoms with Gasteiger partial charge >= 0.3 is 0 Å². The van der Waals surface area contributed by atoms with Crippen LogP contribution >= 0.6 is 0 Å². The van der Waals surface area contributed by atoms with Gasteiger partial charge in [-0.15, -0.1) is 0 Å². The van der Waals surface area contributed by atoms with Gasteiger partial charge in [0.1, 0.15) is 0 Å². The lowest BCUT2D eigenvalue weighted by Crippen LogP contribution is -2.26. The minimum absolute atomic E-state index is 0.0648. The van der Waals surface area contributed by atoms with Crippen molar-refractivity contribution in [2.24, 2.45) is 0 Å². The first-order valence-electron chi connectivity index (χ1n) is 7.32. The van der Waals surface area contributed by atoms with Crippen molar-refractivity contribution in [2.45, 2.75) is 26.7 Å². The molecule has 0 aromatic heterocycles. The summed E-state index contributed by atoms with van der Waals surface area (Å²) in [4.78, 5) is 12.1. The first-order chi connectivity index (χ1) is 10.1. The fourth-order valence-electron chi connectivity index (χ4n) is 2.24. The highest BCUT2D eigenvalue weighted by Gasteiger charge is 2.08. The van der Waals surface area contributed by atoms with Crippen molar-refractivity contribution in [2.75, 3.05) is 12.3 Å². The van der Waals surface area contributed by atoms with Gasteiger partial charge in [-0.05, 0) is 48.6 Å². The summed E-state index contributed by atoms with van der Waals surface area (Å²) in [6, 6.07) is 13.9. The Labute approximate surface area is 126 Å². The zero-order valence-electron chi connectivity index (χ0n) is 12.6. The first kappa shape index (κ1) is 15.1. The molecule has 0 spiro atoms. The number of nitrogens with one attached hydrogen (secondary N) is 1. The number of rotatable bonds is 5. The zero-order chi connectivity index (χ0) is 15.2. The molecule has 1 amide bonds. The smallest absolute Gasteiger partial charge is 0.251 e. The Bertz CT molecular complexity index is 618. The molecule has 0 atom stereocenters. The average Bonchev–Trinajstić information content (AvgIpc) is 2.50. The van der Waals surface area contributed by atoms with E-state index in [1.807, 2.05) is 13.0 Å². The largest absolute Gasteiger partial charge is 0.399 e. The maximum atomic E-state index is 12.1. The van der Waals surface area contributed by atoms with Gasteiger partial charge in [-0.25, -0.2) is 0 Å². The van der Waals surface area contributed by atoms with Crippen LogP contribution in [0.5, 0.6) is 0 Å². The van der Waals surface area contributed by atoms with Crippen molar-refractivity contribution in [1.82, 2.24) is 5.32 Å². The third-order valence-electron chi connectivity index (χ3n) is 3.64. The van der Waals surface area contributed by atoms with E-state index in [1.54, 1.807) is 12.1 Å². The molecule has 0 saturated carbocycles. The van der Waals surface area contributed by atoms with Crippen LogP contribution in [0.15, 0.2) is 42.5 Å². The van der Waals surface area contributed by atoms with E-state index >= 15 is 0 Å². The van der Waals surface area contributed by atoms with Crippen LogP contribution in [0.25, 0.3) is 0 Å². The van der Waals surface area contributed by atoms with E-state index < -0.39 is 0 Å². The van der Waals surface area contributed by atoms with Gasteiger partial charge in [0.25, 0.3) is 5.91 Å². The Balaban J connectivity index is 1.90. The Morgan fingerprint density at radius 1 is 1.10 bits per heavy atom. The predicted octanol–water partition coefficient (Wildman–Crippen LogP) is 3.11. The highest BCUT2D eigenvalue weighted by Crippen LogP contribution is 2.12. The molecule has 0 aliphatic rings. The van der Waals surface area contributed by atoms with Gasteiger partial charge in [-0.3, -0.25) is 4.79 Å². The summed E-state index contributed by atoms with van der Waals surface area (Å²) in [5.41, 5.74) is 10.5. The molecular formula is C18H22N2O. The Kier molecular flexibility index (Phi) is 4.99. The summed E-state index contributed by atoms with van der Waals surface area (Å²) in [7, 11) is 0. The second-order valence-corrected chi connectivity index (χ2v) is 5.25. The van der Waals surface area contributed by atoms with Crippen molar-refractivity contribution in [1.29, 1.82) is 0 Å². The molecule has 0 saturated heterocycles. The Hall–Kier alpha value is -2.29. The topological polar surface area (TPSA) is 55.1 Å². The molecule has 0 unspecified atom stereocenters. The van der Waals surface area contributed by atoms with Crippen LogP contribution in [0.3, 0.4) is 0 Å². The zero-order valence-corrected chi connectivity index (χ0v) is 12.6. The number of anilines is 1. The van der Waals surface area contributed by atoms with Crippen LogP contribution in [0, 0.1) is 6.92 Å². The summed E-state index contributed by atoms with van der Waals surface area (Å²) in [5, 5.41) is 2.95. The maximum absolute atomic E-state index is 12.1. The number of hydrogen-bond donors (Lipinski definition) is 2. The van der Waals surface area contributed by atoms with Crippen molar-refractivity contribution >= 4 is 11.6 Å². The SMILES string of the molecule is CCc1ccc(CCNC(=O)c2cc(N)ccc2C)cc1. The molecule has 3 nitrogen and oxygen atoms in total. The lowest BCUT2D eigenvalue weighted by molar-refractivity contribution is 0.0953. The predicted molar refractivity (Wildman–Crippen MR) is 87.4 cm³/mol. The number of nitrogen functional groups attached to an aromatic ring is 1. The highest BCUT2D eigenvalue weighted by atomic mass is 16.1. The first-order valence-corrected chi connectivity index (χ1v) is 7.32. The standard InChI is InChI=1S/C18H22N2O/c1-3-14-5-7-15(8-6-14)10-11-20-18(21)17-12-16(19)9-4-13(17)2/h4-9,12H,3,10-11,19H2,1-2H3,(H,20,21). The number of benzene rings is 2. The van der Waals surface area contributed by atoms with Crippen molar-refractivity contribution in [3.63, 3.8) is 0 Å². The van der Waals surface area contributed by atoms with Crippen molar-refractivity contribution < 1.29 is 4.79 Å². The van der Waals surface area contributed by atoms with Gasteiger partial charge in [0.05, 0.1) is 0 Å². The second-order valence-electron chi connectivity index (χ2n) is 5.25. The van der Waals surface area contributed by atoms with E-state index in [4.69, 9.17) is 5.73 Å². The molecule has 3 N–H and O–H groups in total. The Morgan fingerprint density at radius 2 is 1.76 bits per heavy atom. The molecule has 110 valence electrons. The van der Waals surface area contributed by atoms with Gasteiger partial charge in [-0.2, -0.15) is 0 Å². The minimum atomic E-state index is -0.0648. The molecule has 0 aliphatic heterocycles. The number of carbonyl (C=O) groups excluding carboxylic acids is 1. The van der Waals surface area contributed by atoms with E-state index in [2.05, 4.69) is 36.5 Å². The lowest BCUT2D eigenvalue weighted by Gasteiger charge is -2.09. The van der Waals surface area contributed by atoms with Crippen LogP contribution in [-0.4, -0.2) is 12.5 Å². The summed E-state index contributed by atoms with van der Waals surface area (Å²) in [5.74, 6) is -0.0648. The normalized spacial score (nSPS) is 10.4. The van der Waals surface area contributed by atoms with Gasteiger partial charge in [0.2, 0.25) is 0 Å². The number of nitrogens with two attached hydrogens (primary N) is 1. The fourth-order valence-corrected chi connectivity index (χ4v) is 2.24. The molecular weight excluding hydrogens is 260 g/mol. The van der Waals surface area contributed by atoms with E-state index in [-0.39, 0.29) is 5.91 Å². The maximum Gasteiger partial charge on any atom is 0.251 e. The van der Waals surface area contributed by atoms with Crippen LogP contribution < -0.4 is 11.1 Å². The molecule has 2 aromatic carbocycles.